The molecule has 0 spiro atoms. The molecule has 0 radical (unpaired) electrons. The molecule has 0 fully saturated rings. The number of benzene rings is 2. The number of hydrogen-bond acceptors (Lipinski definition) is 1. The summed E-state index contributed by atoms with van der Waals surface area (Å²) in [5.74, 6) is 0. The third kappa shape index (κ3) is 2.10. The molecule has 0 aliphatic heterocycles. The van der Waals surface area contributed by atoms with E-state index in [4.69, 9.17) is 0 Å². The summed E-state index contributed by atoms with van der Waals surface area (Å²) in [6.07, 6.45) is 0. The van der Waals surface area contributed by atoms with Crippen molar-refractivity contribution in [3.05, 3.63) is 60.7 Å². The van der Waals surface area contributed by atoms with E-state index in [2.05, 4.69) is 0 Å². The van der Waals surface area contributed by atoms with Gasteiger partial charge < -0.3 is 0 Å². The van der Waals surface area contributed by atoms with Crippen molar-refractivity contribution in [1.29, 1.82) is 0 Å². The summed E-state index contributed by atoms with van der Waals surface area (Å²) < 4.78 is 14.2. The first kappa shape index (κ1) is 9.59. The van der Waals surface area contributed by atoms with Gasteiger partial charge in [0.25, 0.3) is 0 Å². The van der Waals surface area contributed by atoms with E-state index in [1.807, 2.05) is 60.7 Å². The van der Waals surface area contributed by atoms with Crippen molar-refractivity contribution in [2.24, 2.45) is 0 Å². The minimum absolute atomic E-state index is 1.01. The van der Waals surface area contributed by atoms with E-state index in [1.165, 1.54) is 0 Å². The zero-order chi connectivity index (χ0) is 9.80. The Balaban J connectivity index is 2.35. The van der Waals surface area contributed by atoms with Gasteiger partial charge in [0.1, 0.15) is 0 Å². The quantitative estimate of drug-likeness (QED) is 0.760. The summed E-state index contributed by atoms with van der Waals surface area (Å²) in [5, 5.41) is 0. The Morgan fingerprint density at radius 3 is 1.36 bits per heavy atom. The Kier molecular flexibility index (Phi) is 3.09. The van der Waals surface area contributed by atoms with E-state index in [-0.39, 0.29) is 0 Å². The molecule has 0 amide bonds. The molecule has 68 valence electrons. The van der Waals surface area contributed by atoms with E-state index in [0.29, 0.717) is 0 Å². The third-order valence-corrected chi connectivity index (χ3v) is 6.97. The van der Waals surface area contributed by atoms with Crippen LogP contribution in [0.4, 0.5) is 0 Å². The summed E-state index contributed by atoms with van der Waals surface area (Å²) in [7, 11) is 0. The Labute approximate surface area is 90.5 Å². The van der Waals surface area contributed by atoms with Crippen LogP contribution in [-0.4, -0.2) is 19.7 Å². The van der Waals surface area contributed by atoms with Crippen LogP contribution in [0.25, 0.3) is 0 Å². The molecule has 2 aromatic carbocycles. The van der Waals surface area contributed by atoms with Gasteiger partial charge in [-0.2, -0.15) is 0 Å². The molecule has 0 aliphatic carbocycles. The van der Waals surface area contributed by atoms with Crippen molar-refractivity contribution < 1.29 is 3.08 Å². The van der Waals surface area contributed by atoms with Crippen LogP contribution < -0.4 is 7.16 Å². The molecule has 0 aliphatic rings. The third-order valence-electron chi connectivity index (χ3n) is 2.07. The molecule has 0 aromatic heterocycles. The van der Waals surface area contributed by atoms with Gasteiger partial charge in [-0.05, 0) is 0 Å². The zero-order valence-corrected chi connectivity index (χ0v) is 10.5. The van der Waals surface area contributed by atoms with Crippen LogP contribution in [0.15, 0.2) is 60.7 Å². The summed E-state index contributed by atoms with van der Waals surface area (Å²) in [6, 6.07) is 19.5. The van der Waals surface area contributed by atoms with E-state index in [9.17, 15) is 3.08 Å². The second-order valence-corrected chi connectivity index (χ2v) is 8.24. The van der Waals surface area contributed by atoms with Crippen molar-refractivity contribution in [2.45, 2.75) is 0 Å². The molecule has 0 saturated heterocycles. The van der Waals surface area contributed by atoms with Gasteiger partial charge in [0.2, 0.25) is 0 Å². The molecule has 0 heterocycles. The van der Waals surface area contributed by atoms with Crippen molar-refractivity contribution in [1.82, 2.24) is 0 Å². The van der Waals surface area contributed by atoms with Crippen LogP contribution in [0.2, 0.25) is 0 Å². The predicted octanol–water partition coefficient (Wildman–Crippen LogP) is 1.22. The maximum absolute atomic E-state index is 12.1. The van der Waals surface area contributed by atoms with E-state index in [1.54, 1.807) is 0 Å². The fourth-order valence-corrected chi connectivity index (χ4v) is 5.12. The second-order valence-electron chi connectivity index (χ2n) is 3.06. The summed E-state index contributed by atoms with van der Waals surface area (Å²) in [5.41, 5.74) is 0. The standard InChI is InChI=1S/2C6H5.O.Sn/c2*1-2-4-6-5-3-1;;/h2*1-5H;;. The Morgan fingerprint density at radius 2 is 1.00 bits per heavy atom. The number of hydrogen-bond donors (Lipinski definition) is 0. The van der Waals surface area contributed by atoms with Gasteiger partial charge in [0, 0.05) is 0 Å². The molecule has 0 unspecified atom stereocenters. The summed E-state index contributed by atoms with van der Waals surface area (Å²) in [4.78, 5) is 0. The van der Waals surface area contributed by atoms with E-state index >= 15 is 0 Å². The first-order valence-corrected chi connectivity index (χ1v) is 8.54. The molecule has 0 N–H and O–H groups in total. The van der Waals surface area contributed by atoms with Gasteiger partial charge in [-0.3, -0.25) is 0 Å². The van der Waals surface area contributed by atoms with Crippen molar-refractivity contribution in [3.8, 4) is 0 Å². The fraction of sp³-hybridized carbons (Fsp3) is 0. The first-order valence-electron chi connectivity index (χ1n) is 4.53. The van der Waals surface area contributed by atoms with Gasteiger partial charge >= 0.3 is 90.6 Å². The van der Waals surface area contributed by atoms with Gasteiger partial charge in [-0.15, -0.1) is 0 Å². The van der Waals surface area contributed by atoms with Gasteiger partial charge in [-0.1, -0.05) is 0 Å². The molecule has 0 bridgehead atoms. The van der Waals surface area contributed by atoms with Crippen molar-refractivity contribution in [3.63, 3.8) is 0 Å². The number of rotatable bonds is 2. The summed E-state index contributed by atoms with van der Waals surface area (Å²) in [6.45, 7) is 0. The Hall–Kier alpha value is -0.961. The van der Waals surface area contributed by atoms with Gasteiger partial charge in [-0.25, -0.2) is 0 Å². The average Bonchev–Trinajstić information content (AvgIpc) is 2.30. The van der Waals surface area contributed by atoms with Crippen LogP contribution in [0.1, 0.15) is 0 Å². The van der Waals surface area contributed by atoms with Crippen LogP contribution in [0, 0.1) is 0 Å². The average molecular weight is 289 g/mol. The van der Waals surface area contributed by atoms with E-state index in [0.717, 1.165) is 7.16 Å². The predicted molar refractivity (Wildman–Crippen MR) is 58.6 cm³/mol. The summed E-state index contributed by atoms with van der Waals surface area (Å²) >= 11 is -2.75. The normalized spacial score (nSPS) is 9.71. The SMILES string of the molecule is [O]=[Sn]([c]1ccccc1)[c]1ccccc1. The molecule has 0 saturated carbocycles. The second kappa shape index (κ2) is 4.51. The molecule has 2 aromatic rings. The van der Waals surface area contributed by atoms with Crippen LogP contribution in [-0.2, 0) is 3.08 Å². The van der Waals surface area contributed by atoms with Crippen molar-refractivity contribution in [2.75, 3.05) is 0 Å². The monoisotopic (exact) mass is 290 g/mol. The van der Waals surface area contributed by atoms with E-state index < -0.39 is 19.7 Å². The Morgan fingerprint density at radius 1 is 0.643 bits per heavy atom. The molecular formula is C12H10OSn. The maximum atomic E-state index is 12.1. The van der Waals surface area contributed by atoms with Gasteiger partial charge in [0.05, 0.1) is 0 Å². The molecule has 0 atom stereocenters. The fourth-order valence-electron chi connectivity index (χ4n) is 1.35. The molecule has 14 heavy (non-hydrogen) atoms. The minimum atomic E-state index is -2.75. The zero-order valence-electron chi connectivity index (χ0n) is 7.68. The molecule has 2 rings (SSSR count). The Bertz CT molecular complexity index is 381. The van der Waals surface area contributed by atoms with Crippen LogP contribution in [0.5, 0.6) is 0 Å². The molecular weight excluding hydrogens is 279 g/mol. The molecule has 2 heteroatoms. The first-order chi connectivity index (χ1) is 6.88. The van der Waals surface area contributed by atoms with Crippen LogP contribution >= 0.6 is 0 Å². The van der Waals surface area contributed by atoms with Crippen LogP contribution in [0.3, 0.4) is 0 Å². The van der Waals surface area contributed by atoms with Crippen molar-refractivity contribution >= 4 is 26.9 Å². The molecule has 1 nitrogen and oxygen atoms in total. The van der Waals surface area contributed by atoms with Gasteiger partial charge in [0.15, 0.2) is 0 Å². The topological polar surface area (TPSA) is 17.1 Å².